The number of hydrogen-bond donors (Lipinski definition) is 0. The van der Waals surface area contributed by atoms with Crippen LogP contribution in [0.5, 0.6) is 11.5 Å². The van der Waals surface area contributed by atoms with Gasteiger partial charge in [0.05, 0.1) is 24.3 Å². The van der Waals surface area contributed by atoms with Crippen LogP contribution in [0.3, 0.4) is 0 Å². The first-order valence-electron chi connectivity index (χ1n) is 9.86. The second-order valence-corrected chi connectivity index (χ2v) is 6.49. The minimum Gasteiger partial charge on any atom is -0.494 e. The quantitative estimate of drug-likeness (QED) is 0.294. The molecule has 0 saturated heterocycles. The van der Waals surface area contributed by atoms with Crippen LogP contribution in [0, 0.1) is 0 Å². The molecule has 5 nitrogen and oxygen atoms in total. The van der Waals surface area contributed by atoms with Crippen LogP contribution < -0.4 is 9.47 Å². The molecule has 0 spiro atoms. The Balaban J connectivity index is 1.89. The van der Waals surface area contributed by atoms with Gasteiger partial charge in [-0.25, -0.2) is 9.59 Å². The second-order valence-electron chi connectivity index (χ2n) is 6.49. The third-order valence-electron chi connectivity index (χ3n) is 4.07. The largest absolute Gasteiger partial charge is 0.494 e. The van der Waals surface area contributed by atoms with E-state index in [0.29, 0.717) is 30.1 Å². The Morgan fingerprint density at radius 3 is 2.25 bits per heavy atom. The van der Waals surface area contributed by atoms with Gasteiger partial charge in [0.15, 0.2) is 0 Å². The van der Waals surface area contributed by atoms with Gasteiger partial charge in [-0.05, 0) is 55.3 Å². The summed E-state index contributed by atoms with van der Waals surface area (Å²) in [5.74, 6) is 0.106. The first-order chi connectivity index (χ1) is 13.6. The lowest BCUT2D eigenvalue weighted by molar-refractivity contribution is 0.0503. The second kappa shape index (κ2) is 11.8. The highest BCUT2D eigenvalue weighted by Crippen LogP contribution is 2.18. The van der Waals surface area contributed by atoms with Gasteiger partial charge in [0.2, 0.25) is 0 Å². The van der Waals surface area contributed by atoms with Crippen LogP contribution in [0.2, 0.25) is 0 Å². The van der Waals surface area contributed by atoms with Crippen molar-refractivity contribution >= 4 is 11.9 Å². The average Bonchev–Trinajstić information content (AvgIpc) is 2.72. The van der Waals surface area contributed by atoms with Gasteiger partial charge in [-0.15, -0.1) is 0 Å². The summed E-state index contributed by atoms with van der Waals surface area (Å²) in [6, 6.07) is 13.3. The molecular weight excluding hydrogens is 356 g/mol. The SMILES string of the molecule is CCCCCCOc1ccc(C(=O)Oc2cccc(C(=O)OCCC)c2)cc1. The number of ether oxygens (including phenoxy) is 3. The van der Waals surface area contributed by atoms with Crippen molar-refractivity contribution in [2.24, 2.45) is 0 Å². The third kappa shape index (κ3) is 7.06. The zero-order valence-electron chi connectivity index (χ0n) is 16.6. The summed E-state index contributed by atoms with van der Waals surface area (Å²) in [6.07, 6.45) is 5.34. The van der Waals surface area contributed by atoms with Gasteiger partial charge in [-0.3, -0.25) is 0 Å². The number of benzene rings is 2. The molecule has 0 aromatic heterocycles. The van der Waals surface area contributed by atoms with Gasteiger partial charge < -0.3 is 14.2 Å². The highest BCUT2D eigenvalue weighted by atomic mass is 16.5. The molecule has 0 aliphatic carbocycles. The van der Waals surface area contributed by atoms with Crippen molar-refractivity contribution in [3.8, 4) is 11.5 Å². The Kier molecular flexibility index (Phi) is 9.05. The van der Waals surface area contributed by atoms with E-state index < -0.39 is 11.9 Å². The zero-order chi connectivity index (χ0) is 20.2. The van der Waals surface area contributed by atoms with Gasteiger partial charge >= 0.3 is 11.9 Å². The number of unbranched alkanes of at least 4 members (excludes halogenated alkanes) is 3. The molecule has 0 bridgehead atoms. The normalized spacial score (nSPS) is 10.4. The summed E-state index contributed by atoms with van der Waals surface area (Å²) in [6.45, 7) is 5.13. The molecule has 0 unspecified atom stereocenters. The predicted molar refractivity (Wildman–Crippen MR) is 108 cm³/mol. The van der Waals surface area contributed by atoms with Crippen LogP contribution >= 0.6 is 0 Å². The molecule has 0 saturated carbocycles. The number of carbonyl (C=O) groups excluding carboxylic acids is 2. The maximum Gasteiger partial charge on any atom is 0.343 e. The maximum atomic E-state index is 12.3. The van der Waals surface area contributed by atoms with Crippen LogP contribution in [0.15, 0.2) is 48.5 Å². The van der Waals surface area contributed by atoms with E-state index in [4.69, 9.17) is 14.2 Å². The van der Waals surface area contributed by atoms with Gasteiger partial charge in [0.25, 0.3) is 0 Å². The van der Waals surface area contributed by atoms with Gasteiger partial charge in [0, 0.05) is 0 Å². The molecule has 0 amide bonds. The van der Waals surface area contributed by atoms with Gasteiger partial charge in [-0.1, -0.05) is 39.2 Å². The van der Waals surface area contributed by atoms with Crippen molar-refractivity contribution in [3.63, 3.8) is 0 Å². The molecule has 28 heavy (non-hydrogen) atoms. The van der Waals surface area contributed by atoms with E-state index in [1.807, 2.05) is 6.92 Å². The lowest BCUT2D eigenvalue weighted by atomic mass is 10.2. The predicted octanol–water partition coefficient (Wildman–Crippen LogP) is 5.43. The maximum absolute atomic E-state index is 12.3. The van der Waals surface area contributed by atoms with E-state index >= 15 is 0 Å². The number of esters is 2. The highest BCUT2D eigenvalue weighted by Gasteiger charge is 2.12. The molecule has 0 heterocycles. The Hall–Kier alpha value is -2.82. The van der Waals surface area contributed by atoms with Crippen LogP contribution in [0.1, 0.15) is 66.7 Å². The number of hydrogen-bond acceptors (Lipinski definition) is 5. The Labute approximate surface area is 166 Å². The summed E-state index contributed by atoms with van der Waals surface area (Å²) >= 11 is 0. The topological polar surface area (TPSA) is 61.8 Å². The molecule has 2 aromatic rings. The van der Waals surface area contributed by atoms with E-state index in [0.717, 1.165) is 25.0 Å². The Bertz CT molecular complexity index is 752. The molecule has 5 heteroatoms. The monoisotopic (exact) mass is 384 g/mol. The van der Waals surface area contributed by atoms with E-state index in [1.165, 1.54) is 18.9 Å². The van der Waals surface area contributed by atoms with Crippen molar-refractivity contribution in [2.45, 2.75) is 46.0 Å². The molecule has 0 radical (unpaired) electrons. The lowest BCUT2D eigenvalue weighted by Gasteiger charge is -2.08. The fourth-order valence-electron chi connectivity index (χ4n) is 2.54. The molecule has 0 aliphatic heterocycles. The van der Waals surface area contributed by atoms with Crippen LogP contribution in [-0.4, -0.2) is 25.2 Å². The summed E-state index contributed by atoms with van der Waals surface area (Å²) in [4.78, 5) is 24.2. The summed E-state index contributed by atoms with van der Waals surface area (Å²) in [5.41, 5.74) is 0.767. The fourth-order valence-corrected chi connectivity index (χ4v) is 2.54. The van der Waals surface area contributed by atoms with Crippen LogP contribution in [0.4, 0.5) is 0 Å². The molecule has 150 valence electrons. The van der Waals surface area contributed by atoms with Crippen molar-refractivity contribution < 1.29 is 23.8 Å². The minimum absolute atomic E-state index is 0.298. The van der Waals surface area contributed by atoms with Gasteiger partial charge in [0.1, 0.15) is 11.5 Å². The minimum atomic E-state index is -0.492. The molecule has 0 atom stereocenters. The van der Waals surface area contributed by atoms with E-state index in [1.54, 1.807) is 42.5 Å². The highest BCUT2D eigenvalue weighted by molar-refractivity contribution is 5.92. The first kappa shape index (κ1) is 21.5. The standard InChI is InChI=1S/C23H28O5/c1-3-5-6-7-16-26-20-13-11-18(12-14-20)23(25)28-21-10-8-9-19(17-21)22(24)27-15-4-2/h8-14,17H,3-7,15-16H2,1-2H3. The average molecular weight is 384 g/mol. The Morgan fingerprint density at radius 1 is 0.750 bits per heavy atom. The molecule has 0 aliphatic rings. The molecule has 2 aromatic carbocycles. The summed E-state index contributed by atoms with van der Waals surface area (Å²) in [7, 11) is 0. The molecule has 0 fully saturated rings. The lowest BCUT2D eigenvalue weighted by Crippen LogP contribution is -2.10. The van der Waals surface area contributed by atoms with Crippen LogP contribution in [0.25, 0.3) is 0 Å². The van der Waals surface area contributed by atoms with Crippen LogP contribution in [-0.2, 0) is 4.74 Å². The zero-order valence-corrected chi connectivity index (χ0v) is 16.6. The number of rotatable bonds is 11. The Morgan fingerprint density at radius 2 is 1.54 bits per heavy atom. The van der Waals surface area contributed by atoms with E-state index in [2.05, 4.69) is 6.92 Å². The van der Waals surface area contributed by atoms with Crippen molar-refractivity contribution in [2.75, 3.05) is 13.2 Å². The molecular formula is C23H28O5. The first-order valence-corrected chi connectivity index (χ1v) is 9.86. The fraction of sp³-hybridized carbons (Fsp3) is 0.391. The smallest absolute Gasteiger partial charge is 0.343 e. The summed E-state index contributed by atoms with van der Waals surface area (Å²) < 4.78 is 16.1. The van der Waals surface area contributed by atoms with E-state index in [9.17, 15) is 9.59 Å². The number of carbonyl (C=O) groups is 2. The molecule has 0 N–H and O–H groups in total. The van der Waals surface area contributed by atoms with Crippen molar-refractivity contribution in [1.29, 1.82) is 0 Å². The summed E-state index contributed by atoms with van der Waals surface area (Å²) in [5, 5.41) is 0. The third-order valence-corrected chi connectivity index (χ3v) is 4.07. The van der Waals surface area contributed by atoms with E-state index in [-0.39, 0.29) is 0 Å². The van der Waals surface area contributed by atoms with Crippen molar-refractivity contribution in [3.05, 3.63) is 59.7 Å². The van der Waals surface area contributed by atoms with Crippen molar-refractivity contribution in [1.82, 2.24) is 0 Å². The molecule has 2 rings (SSSR count). The van der Waals surface area contributed by atoms with Gasteiger partial charge in [-0.2, -0.15) is 0 Å².